The minimum absolute atomic E-state index is 0.177. The first-order valence-electron chi connectivity index (χ1n) is 5.91. The fraction of sp³-hybridized carbons (Fsp3) is 0.455. The second-order valence-corrected chi connectivity index (χ2v) is 4.55. The highest BCUT2D eigenvalue weighted by molar-refractivity contribution is 5.76. The Morgan fingerprint density at radius 1 is 1.50 bits per heavy atom. The van der Waals surface area contributed by atoms with Crippen molar-refractivity contribution < 1.29 is 19.4 Å². The van der Waals surface area contributed by atoms with E-state index >= 15 is 0 Å². The van der Waals surface area contributed by atoms with E-state index in [-0.39, 0.29) is 25.6 Å². The molecule has 108 valence electrons. The van der Waals surface area contributed by atoms with E-state index in [0.29, 0.717) is 5.76 Å². The Balaban J connectivity index is 1.99. The largest absolute Gasteiger partial charge is 0.461 e. The lowest BCUT2D eigenvalue weighted by atomic mass is 10.1. The van der Waals surface area contributed by atoms with Crippen LogP contribution in [0.3, 0.4) is 0 Å². The van der Waals surface area contributed by atoms with Gasteiger partial charge in [-0.1, -0.05) is 0 Å². The SMILES string of the molecule is CC(CO)(CO)NC(=O)Cn1nnc(-c2ccco2)n1. The molecular formula is C11H15N5O4. The molecule has 1 amide bonds. The normalized spacial score (nSPS) is 11.6. The van der Waals surface area contributed by atoms with Crippen molar-refractivity contribution in [2.45, 2.75) is 19.0 Å². The molecule has 20 heavy (non-hydrogen) atoms. The van der Waals surface area contributed by atoms with E-state index in [2.05, 4.69) is 20.7 Å². The van der Waals surface area contributed by atoms with Crippen LogP contribution < -0.4 is 5.32 Å². The van der Waals surface area contributed by atoms with Gasteiger partial charge in [-0.2, -0.15) is 4.80 Å². The Bertz CT molecular complexity index is 561. The van der Waals surface area contributed by atoms with Crippen molar-refractivity contribution in [3.8, 4) is 11.6 Å². The number of furan rings is 1. The zero-order valence-corrected chi connectivity index (χ0v) is 10.9. The molecule has 0 radical (unpaired) electrons. The smallest absolute Gasteiger partial charge is 0.244 e. The van der Waals surface area contributed by atoms with E-state index in [0.717, 1.165) is 4.80 Å². The molecule has 0 spiro atoms. The van der Waals surface area contributed by atoms with Gasteiger partial charge in [0, 0.05) is 0 Å². The summed E-state index contributed by atoms with van der Waals surface area (Å²) < 4.78 is 5.11. The summed E-state index contributed by atoms with van der Waals surface area (Å²) in [4.78, 5) is 12.9. The molecule has 2 heterocycles. The Morgan fingerprint density at radius 2 is 2.25 bits per heavy atom. The summed E-state index contributed by atoms with van der Waals surface area (Å²) in [5.74, 6) is 0.279. The van der Waals surface area contributed by atoms with Crippen LogP contribution in [0.1, 0.15) is 6.92 Å². The van der Waals surface area contributed by atoms with Crippen molar-refractivity contribution in [3.63, 3.8) is 0 Å². The van der Waals surface area contributed by atoms with Crippen LogP contribution in [0, 0.1) is 0 Å². The molecule has 9 nitrogen and oxygen atoms in total. The Labute approximate surface area is 114 Å². The third-order valence-corrected chi connectivity index (χ3v) is 2.62. The van der Waals surface area contributed by atoms with Crippen LogP contribution >= 0.6 is 0 Å². The first kappa shape index (κ1) is 14.2. The van der Waals surface area contributed by atoms with Crippen LogP contribution in [0.4, 0.5) is 0 Å². The lowest BCUT2D eigenvalue weighted by Crippen LogP contribution is -2.52. The van der Waals surface area contributed by atoms with Crippen molar-refractivity contribution in [3.05, 3.63) is 18.4 Å². The monoisotopic (exact) mass is 281 g/mol. The molecule has 2 rings (SSSR count). The number of amides is 1. The summed E-state index contributed by atoms with van der Waals surface area (Å²) in [6.45, 7) is 0.590. The van der Waals surface area contributed by atoms with Crippen LogP contribution in [-0.2, 0) is 11.3 Å². The topological polar surface area (TPSA) is 126 Å². The van der Waals surface area contributed by atoms with Gasteiger partial charge >= 0.3 is 0 Å². The molecule has 2 aromatic rings. The highest BCUT2D eigenvalue weighted by atomic mass is 16.3. The van der Waals surface area contributed by atoms with E-state index in [1.54, 1.807) is 12.1 Å². The van der Waals surface area contributed by atoms with Crippen LogP contribution in [0.25, 0.3) is 11.6 Å². The van der Waals surface area contributed by atoms with Gasteiger partial charge in [0.05, 0.1) is 25.0 Å². The average Bonchev–Trinajstić information content (AvgIpc) is 3.08. The second kappa shape index (κ2) is 5.80. The number of aromatic nitrogens is 4. The molecule has 0 aliphatic heterocycles. The molecule has 0 bridgehead atoms. The molecule has 3 N–H and O–H groups in total. The zero-order valence-electron chi connectivity index (χ0n) is 10.9. The maximum atomic E-state index is 11.8. The molecule has 0 fully saturated rings. The van der Waals surface area contributed by atoms with Gasteiger partial charge in [-0.3, -0.25) is 4.79 Å². The first-order valence-corrected chi connectivity index (χ1v) is 5.91. The van der Waals surface area contributed by atoms with Crippen molar-refractivity contribution in [2.24, 2.45) is 0 Å². The van der Waals surface area contributed by atoms with Gasteiger partial charge in [-0.25, -0.2) is 0 Å². The molecule has 0 aromatic carbocycles. The summed E-state index contributed by atoms with van der Waals surface area (Å²) in [5, 5.41) is 32.1. The number of carbonyl (C=O) groups is 1. The summed E-state index contributed by atoms with van der Waals surface area (Å²) in [7, 11) is 0. The number of aliphatic hydroxyl groups excluding tert-OH is 2. The second-order valence-electron chi connectivity index (χ2n) is 4.55. The molecule has 9 heteroatoms. The van der Waals surface area contributed by atoms with Crippen LogP contribution in [0.15, 0.2) is 22.8 Å². The van der Waals surface area contributed by atoms with Gasteiger partial charge in [0.25, 0.3) is 0 Å². The van der Waals surface area contributed by atoms with Gasteiger partial charge in [0.2, 0.25) is 11.7 Å². The Kier molecular flexibility index (Phi) is 4.11. The summed E-state index contributed by atoms with van der Waals surface area (Å²) >= 11 is 0. The number of hydrogen-bond acceptors (Lipinski definition) is 7. The van der Waals surface area contributed by atoms with Gasteiger partial charge in [0.15, 0.2) is 5.76 Å². The maximum Gasteiger partial charge on any atom is 0.244 e. The van der Waals surface area contributed by atoms with E-state index in [1.165, 1.54) is 13.2 Å². The highest BCUT2D eigenvalue weighted by Gasteiger charge is 2.25. The Hall–Kier alpha value is -2.26. The number of carbonyl (C=O) groups excluding carboxylic acids is 1. The average molecular weight is 281 g/mol. The first-order chi connectivity index (χ1) is 9.56. The van der Waals surface area contributed by atoms with Crippen molar-refractivity contribution in [1.29, 1.82) is 0 Å². The van der Waals surface area contributed by atoms with Crippen molar-refractivity contribution in [2.75, 3.05) is 13.2 Å². The third-order valence-electron chi connectivity index (χ3n) is 2.62. The fourth-order valence-corrected chi connectivity index (χ4v) is 1.45. The number of nitrogens with zero attached hydrogens (tertiary/aromatic N) is 4. The maximum absolute atomic E-state index is 11.8. The number of hydrogen-bond donors (Lipinski definition) is 3. The van der Waals surface area contributed by atoms with Crippen LogP contribution in [-0.4, -0.2) is 55.1 Å². The van der Waals surface area contributed by atoms with E-state index < -0.39 is 11.4 Å². The van der Waals surface area contributed by atoms with E-state index in [1.807, 2.05) is 0 Å². The van der Waals surface area contributed by atoms with Crippen LogP contribution in [0.2, 0.25) is 0 Å². The highest BCUT2D eigenvalue weighted by Crippen LogP contribution is 2.12. The number of aliphatic hydroxyl groups is 2. The lowest BCUT2D eigenvalue weighted by molar-refractivity contribution is -0.125. The number of nitrogens with one attached hydrogen (secondary N) is 1. The molecular weight excluding hydrogens is 266 g/mol. The summed E-state index contributed by atoms with van der Waals surface area (Å²) in [6, 6.07) is 3.37. The summed E-state index contributed by atoms with van der Waals surface area (Å²) in [5.41, 5.74) is -1.08. The molecule has 0 aliphatic rings. The zero-order chi connectivity index (χ0) is 14.6. The van der Waals surface area contributed by atoms with Gasteiger partial charge in [-0.05, 0) is 24.3 Å². The predicted molar refractivity (Wildman–Crippen MR) is 66.2 cm³/mol. The van der Waals surface area contributed by atoms with Gasteiger partial charge in [0.1, 0.15) is 6.54 Å². The van der Waals surface area contributed by atoms with E-state index in [4.69, 9.17) is 14.6 Å². The molecule has 0 atom stereocenters. The molecule has 0 saturated carbocycles. The quantitative estimate of drug-likeness (QED) is 0.606. The van der Waals surface area contributed by atoms with Crippen molar-refractivity contribution in [1.82, 2.24) is 25.5 Å². The van der Waals surface area contributed by atoms with E-state index in [9.17, 15) is 4.79 Å². The third kappa shape index (κ3) is 3.19. The standard InChI is InChI=1S/C11H15N5O4/c1-11(6-17,7-18)12-9(19)5-16-14-10(13-15-16)8-3-2-4-20-8/h2-4,17-18H,5-7H2,1H3,(H,12,19). The molecule has 0 saturated heterocycles. The molecule has 2 aromatic heterocycles. The minimum atomic E-state index is -1.08. The minimum Gasteiger partial charge on any atom is -0.461 e. The summed E-state index contributed by atoms with van der Waals surface area (Å²) in [6.07, 6.45) is 1.48. The molecule has 0 unspecified atom stereocenters. The number of rotatable bonds is 6. The van der Waals surface area contributed by atoms with Gasteiger partial charge < -0.3 is 19.9 Å². The molecule has 0 aliphatic carbocycles. The predicted octanol–water partition coefficient (Wildman–Crippen LogP) is -1.21. The Morgan fingerprint density at radius 3 is 2.85 bits per heavy atom. The van der Waals surface area contributed by atoms with Crippen molar-refractivity contribution >= 4 is 5.91 Å². The fourth-order valence-electron chi connectivity index (χ4n) is 1.45. The lowest BCUT2D eigenvalue weighted by Gasteiger charge is -2.25. The van der Waals surface area contributed by atoms with Gasteiger partial charge in [-0.15, -0.1) is 10.2 Å². The number of tetrazole rings is 1. The van der Waals surface area contributed by atoms with Crippen LogP contribution in [0.5, 0.6) is 0 Å².